The number of hydrogen-bond acceptors (Lipinski definition) is 6. The fourth-order valence-corrected chi connectivity index (χ4v) is 2.67. The molecule has 0 saturated carbocycles. The molecule has 27 heavy (non-hydrogen) atoms. The minimum atomic E-state index is -0.651. The van der Waals surface area contributed by atoms with Gasteiger partial charge in [0, 0.05) is 6.20 Å². The molecule has 1 amide bonds. The summed E-state index contributed by atoms with van der Waals surface area (Å²) in [6.07, 6.45) is 1.34. The molecule has 0 radical (unpaired) electrons. The number of nitrogens with one attached hydrogen (secondary N) is 1. The van der Waals surface area contributed by atoms with Crippen molar-refractivity contribution in [2.45, 2.75) is 13.8 Å². The average molecular weight is 405 g/mol. The van der Waals surface area contributed by atoms with Crippen LogP contribution in [0.25, 0.3) is 11.0 Å². The fourth-order valence-electron chi connectivity index (χ4n) is 2.25. The van der Waals surface area contributed by atoms with Crippen molar-refractivity contribution in [3.8, 4) is 0 Å². The van der Waals surface area contributed by atoms with Gasteiger partial charge in [-0.2, -0.15) is 0 Å². The van der Waals surface area contributed by atoms with Crippen LogP contribution in [0.4, 0.5) is 5.82 Å². The smallest absolute Gasteiger partial charge is 0.338 e. The third-order valence-electron chi connectivity index (χ3n) is 3.71. The number of amides is 1. The number of hydrogen-bond donors (Lipinski definition) is 1. The SMILES string of the molecule is Cc1nc2ccc(C(=O)OCC(=O)Nc3ncc(Cl)cc3Cl)cc2nc1C. The van der Waals surface area contributed by atoms with E-state index in [1.807, 2.05) is 13.8 Å². The number of nitrogens with zero attached hydrogens (tertiary/aromatic N) is 3. The lowest BCUT2D eigenvalue weighted by Crippen LogP contribution is -2.21. The van der Waals surface area contributed by atoms with Crippen LogP contribution in [0, 0.1) is 13.8 Å². The van der Waals surface area contributed by atoms with Gasteiger partial charge >= 0.3 is 5.97 Å². The first-order valence-electron chi connectivity index (χ1n) is 7.86. The van der Waals surface area contributed by atoms with E-state index in [1.165, 1.54) is 12.3 Å². The van der Waals surface area contributed by atoms with Gasteiger partial charge in [-0.15, -0.1) is 0 Å². The van der Waals surface area contributed by atoms with Crippen molar-refractivity contribution in [1.29, 1.82) is 0 Å². The molecule has 0 atom stereocenters. The number of carbonyl (C=O) groups is 2. The number of rotatable bonds is 4. The Labute approximate surface area is 164 Å². The Morgan fingerprint density at radius 2 is 1.78 bits per heavy atom. The number of carbonyl (C=O) groups excluding carboxylic acids is 2. The molecule has 0 spiro atoms. The highest BCUT2D eigenvalue weighted by Crippen LogP contribution is 2.22. The quantitative estimate of drug-likeness (QED) is 0.665. The summed E-state index contributed by atoms with van der Waals surface area (Å²) in [7, 11) is 0. The van der Waals surface area contributed by atoms with Gasteiger partial charge in [-0.05, 0) is 38.1 Å². The standard InChI is InChI=1S/C18H14Cl2N4O3/c1-9-10(2)23-15-5-11(3-4-14(15)22-9)18(26)27-8-16(25)24-17-13(20)6-12(19)7-21-17/h3-7H,8H2,1-2H3,(H,21,24,25). The molecule has 7 nitrogen and oxygen atoms in total. The lowest BCUT2D eigenvalue weighted by molar-refractivity contribution is -0.119. The number of anilines is 1. The highest BCUT2D eigenvalue weighted by atomic mass is 35.5. The number of fused-ring (bicyclic) bond motifs is 1. The van der Waals surface area contributed by atoms with Crippen LogP contribution in [-0.4, -0.2) is 33.4 Å². The summed E-state index contributed by atoms with van der Waals surface area (Å²) in [4.78, 5) is 36.8. The molecule has 2 aromatic heterocycles. The van der Waals surface area contributed by atoms with E-state index < -0.39 is 18.5 Å². The van der Waals surface area contributed by atoms with Gasteiger partial charge in [0.1, 0.15) is 0 Å². The number of aryl methyl sites for hydroxylation is 2. The van der Waals surface area contributed by atoms with E-state index in [4.69, 9.17) is 27.9 Å². The van der Waals surface area contributed by atoms with Gasteiger partial charge in [-0.3, -0.25) is 4.79 Å². The van der Waals surface area contributed by atoms with Gasteiger partial charge in [0.2, 0.25) is 0 Å². The van der Waals surface area contributed by atoms with Crippen molar-refractivity contribution in [2.24, 2.45) is 0 Å². The molecule has 2 heterocycles. The number of benzene rings is 1. The summed E-state index contributed by atoms with van der Waals surface area (Å²) in [5, 5.41) is 2.97. The van der Waals surface area contributed by atoms with Crippen LogP contribution in [0.15, 0.2) is 30.5 Å². The van der Waals surface area contributed by atoms with Crippen molar-refractivity contribution < 1.29 is 14.3 Å². The first-order chi connectivity index (χ1) is 12.8. The summed E-state index contributed by atoms with van der Waals surface area (Å²) >= 11 is 11.7. The lowest BCUT2D eigenvalue weighted by atomic mass is 10.2. The molecule has 0 aliphatic heterocycles. The van der Waals surface area contributed by atoms with Gasteiger partial charge in [0.05, 0.1) is 38.0 Å². The molecule has 0 fully saturated rings. The normalized spacial score (nSPS) is 10.7. The summed E-state index contributed by atoms with van der Waals surface area (Å²) < 4.78 is 5.03. The van der Waals surface area contributed by atoms with E-state index in [0.29, 0.717) is 16.1 Å². The van der Waals surface area contributed by atoms with Crippen LogP contribution in [-0.2, 0) is 9.53 Å². The molecular formula is C18H14Cl2N4O3. The Balaban J connectivity index is 1.65. The zero-order chi connectivity index (χ0) is 19.6. The maximum atomic E-state index is 12.2. The summed E-state index contributed by atoms with van der Waals surface area (Å²) in [5.41, 5.74) is 3.13. The number of ether oxygens (including phenoxy) is 1. The van der Waals surface area contributed by atoms with Gasteiger partial charge in [0.25, 0.3) is 5.91 Å². The van der Waals surface area contributed by atoms with Crippen LogP contribution in [0.1, 0.15) is 21.7 Å². The number of pyridine rings is 1. The number of halogens is 2. The maximum Gasteiger partial charge on any atom is 0.338 e. The van der Waals surface area contributed by atoms with Crippen molar-refractivity contribution in [3.63, 3.8) is 0 Å². The lowest BCUT2D eigenvalue weighted by Gasteiger charge is -2.08. The van der Waals surface area contributed by atoms with E-state index in [9.17, 15) is 9.59 Å². The minimum Gasteiger partial charge on any atom is -0.452 e. The number of esters is 1. The van der Waals surface area contributed by atoms with E-state index in [0.717, 1.165) is 11.4 Å². The second kappa shape index (κ2) is 7.85. The monoisotopic (exact) mass is 404 g/mol. The summed E-state index contributed by atoms with van der Waals surface area (Å²) in [6, 6.07) is 6.27. The van der Waals surface area contributed by atoms with Gasteiger partial charge in [-0.1, -0.05) is 23.2 Å². The Hall–Kier alpha value is -2.77. The Morgan fingerprint density at radius 3 is 2.48 bits per heavy atom. The van der Waals surface area contributed by atoms with Crippen LogP contribution in [0.2, 0.25) is 10.0 Å². The fraction of sp³-hybridized carbons (Fsp3) is 0.167. The van der Waals surface area contributed by atoms with Crippen molar-refractivity contribution in [1.82, 2.24) is 15.0 Å². The van der Waals surface area contributed by atoms with Crippen molar-refractivity contribution in [3.05, 3.63) is 57.5 Å². The van der Waals surface area contributed by atoms with E-state index in [1.54, 1.807) is 18.2 Å². The van der Waals surface area contributed by atoms with Gasteiger partial charge in [0.15, 0.2) is 12.4 Å². The highest BCUT2D eigenvalue weighted by Gasteiger charge is 2.14. The summed E-state index contributed by atoms with van der Waals surface area (Å²) in [6.45, 7) is 3.22. The molecule has 0 aliphatic carbocycles. The topological polar surface area (TPSA) is 94.1 Å². The van der Waals surface area contributed by atoms with Gasteiger partial charge < -0.3 is 10.1 Å². The predicted octanol–water partition coefficient (Wildman–Crippen LogP) is 3.74. The van der Waals surface area contributed by atoms with E-state index >= 15 is 0 Å². The maximum absolute atomic E-state index is 12.2. The Bertz CT molecular complexity index is 1060. The third-order valence-corrected chi connectivity index (χ3v) is 4.21. The van der Waals surface area contributed by atoms with Gasteiger partial charge in [-0.25, -0.2) is 19.7 Å². The molecule has 1 N–H and O–H groups in total. The molecule has 3 rings (SSSR count). The second-order valence-electron chi connectivity index (χ2n) is 5.71. The Morgan fingerprint density at radius 1 is 1.07 bits per heavy atom. The zero-order valence-electron chi connectivity index (χ0n) is 14.4. The van der Waals surface area contributed by atoms with Crippen molar-refractivity contribution in [2.75, 3.05) is 11.9 Å². The zero-order valence-corrected chi connectivity index (χ0v) is 15.9. The molecule has 0 unspecified atom stereocenters. The van der Waals surface area contributed by atoms with Crippen LogP contribution >= 0.6 is 23.2 Å². The Kier molecular flexibility index (Phi) is 5.53. The largest absolute Gasteiger partial charge is 0.452 e. The van der Waals surface area contributed by atoms with E-state index in [2.05, 4.69) is 20.3 Å². The second-order valence-corrected chi connectivity index (χ2v) is 6.55. The predicted molar refractivity (Wildman–Crippen MR) is 102 cm³/mol. The molecule has 138 valence electrons. The molecule has 3 aromatic rings. The molecule has 9 heteroatoms. The van der Waals surface area contributed by atoms with Crippen LogP contribution in [0.3, 0.4) is 0 Å². The molecule has 0 aliphatic rings. The molecular weight excluding hydrogens is 391 g/mol. The van der Waals surface area contributed by atoms with Crippen molar-refractivity contribution >= 4 is 51.9 Å². The van der Waals surface area contributed by atoms with E-state index in [-0.39, 0.29) is 16.4 Å². The molecule has 0 bridgehead atoms. The molecule has 1 aromatic carbocycles. The van der Waals surface area contributed by atoms with Crippen LogP contribution in [0.5, 0.6) is 0 Å². The first-order valence-corrected chi connectivity index (χ1v) is 8.62. The average Bonchev–Trinajstić information content (AvgIpc) is 2.62. The third kappa shape index (κ3) is 4.50. The minimum absolute atomic E-state index is 0.133. The molecule has 0 saturated heterocycles. The highest BCUT2D eigenvalue weighted by molar-refractivity contribution is 6.36. The number of aromatic nitrogens is 3. The first kappa shape index (κ1) is 19.0. The summed E-state index contributed by atoms with van der Waals surface area (Å²) in [5.74, 6) is -1.09. The van der Waals surface area contributed by atoms with Crippen LogP contribution < -0.4 is 5.32 Å².